The number of H-pyrrole nitrogens is 2. The minimum atomic E-state index is -4.12. The number of tetrazole rings is 1. The predicted octanol–water partition coefficient (Wildman–Crippen LogP) is 5.02. The summed E-state index contributed by atoms with van der Waals surface area (Å²) >= 11 is 0. The molecule has 4 aromatic rings. The number of aryl methyl sites for hydroxylation is 1. The number of nitrogens with one attached hydrogen (secondary N) is 2. The summed E-state index contributed by atoms with van der Waals surface area (Å²) in [5.41, 5.74) is 3.35. The van der Waals surface area contributed by atoms with Crippen LogP contribution in [-0.4, -0.2) is 41.6 Å². The van der Waals surface area contributed by atoms with Crippen LogP contribution in [0.1, 0.15) is 38.7 Å². The van der Waals surface area contributed by atoms with Gasteiger partial charge in [-0.2, -0.15) is 23.5 Å². The summed E-state index contributed by atoms with van der Waals surface area (Å²) in [4.78, 5) is 16.0. The van der Waals surface area contributed by atoms with Gasteiger partial charge in [-0.1, -0.05) is 38.1 Å². The number of alkyl halides is 3. The van der Waals surface area contributed by atoms with Crippen molar-refractivity contribution in [3.63, 3.8) is 0 Å². The Labute approximate surface area is 199 Å². The molecule has 1 aromatic carbocycles. The molecular weight excluding hydrogens is 459 g/mol. The maximum absolute atomic E-state index is 13.1. The van der Waals surface area contributed by atoms with Crippen molar-refractivity contribution in [1.82, 2.24) is 35.4 Å². The fourth-order valence-electron chi connectivity index (χ4n) is 3.89. The Morgan fingerprint density at radius 2 is 1.86 bits per heavy atom. The molecule has 0 radical (unpaired) electrons. The number of unbranched alkanes of at least 4 members (excludes halogenated alkanes) is 1. The first-order valence-electron chi connectivity index (χ1n) is 11.4. The molecular formula is C24H26F3N7O. The van der Waals surface area contributed by atoms with Gasteiger partial charge in [0.2, 0.25) is 5.82 Å². The summed E-state index contributed by atoms with van der Waals surface area (Å²) in [6.07, 6.45) is -1.91. The van der Waals surface area contributed by atoms with E-state index in [0.29, 0.717) is 35.7 Å². The van der Waals surface area contributed by atoms with Crippen molar-refractivity contribution in [3.8, 4) is 33.9 Å². The van der Waals surface area contributed by atoms with Gasteiger partial charge in [-0.3, -0.25) is 9.48 Å². The number of aromatic amines is 2. The Morgan fingerprint density at radius 1 is 1.09 bits per heavy atom. The Balaban J connectivity index is 1.63. The van der Waals surface area contributed by atoms with Gasteiger partial charge < -0.3 is 4.98 Å². The lowest BCUT2D eigenvalue weighted by Crippen LogP contribution is -2.13. The number of aromatic nitrogens is 7. The van der Waals surface area contributed by atoms with Crippen molar-refractivity contribution in [2.45, 2.75) is 52.3 Å². The highest BCUT2D eigenvalue weighted by molar-refractivity contribution is 5.81. The highest BCUT2D eigenvalue weighted by Crippen LogP contribution is 2.30. The largest absolute Gasteiger partial charge is 0.389 e. The zero-order valence-corrected chi connectivity index (χ0v) is 19.4. The number of nitrogens with zero attached hydrogens (tertiary/aromatic N) is 5. The zero-order chi connectivity index (χ0) is 25.0. The monoisotopic (exact) mass is 485 g/mol. The van der Waals surface area contributed by atoms with Gasteiger partial charge in [-0.15, -0.1) is 10.2 Å². The second-order valence-electron chi connectivity index (χ2n) is 8.87. The van der Waals surface area contributed by atoms with Gasteiger partial charge in [-0.25, -0.2) is 0 Å². The van der Waals surface area contributed by atoms with Crippen LogP contribution in [0.25, 0.3) is 33.9 Å². The fourth-order valence-corrected chi connectivity index (χ4v) is 3.89. The molecule has 0 fully saturated rings. The molecule has 0 unspecified atom stereocenters. The first kappa shape index (κ1) is 24.4. The number of halogens is 3. The summed E-state index contributed by atoms with van der Waals surface area (Å²) in [5.74, 6) is 0.571. The van der Waals surface area contributed by atoms with Gasteiger partial charge in [0, 0.05) is 30.4 Å². The molecule has 0 atom stereocenters. The van der Waals surface area contributed by atoms with Crippen LogP contribution in [0.3, 0.4) is 0 Å². The van der Waals surface area contributed by atoms with Crippen molar-refractivity contribution in [1.29, 1.82) is 0 Å². The number of pyridine rings is 1. The van der Waals surface area contributed by atoms with Crippen molar-refractivity contribution in [2.75, 3.05) is 0 Å². The molecule has 0 aliphatic carbocycles. The van der Waals surface area contributed by atoms with E-state index in [0.717, 1.165) is 17.7 Å². The maximum atomic E-state index is 13.1. The van der Waals surface area contributed by atoms with Crippen LogP contribution in [0.5, 0.6) is 0 Å². The van der Waals surface area contributed by atoms with E-state index in [1.165, 1.54) is 0 Å². The summed E-state index contributed by atoms with van der Waals surface area (Å²) in [5, 5.41) is 18.6. The van der Waals surface area contributed by atoms with Gasteiger partial charge in [0.25, 0.3) is 5.56 Å². The second-order valence-corrected chi connectivity index (χ2v) is 8.87. The van der Waals surface area contributed by atoms with Crippen molar-refractivity contribution in [3.05, 3.63) is 58.5 Å². The van der Waals surface area contributed by atoms with Crippen molar-refractivity contribution in [2.24, 2.45) is 5.92 Å². The minimum Gasteiger partial charge on any atom is -0.321 e. The second kappa shape index (κ2) is 10.2. The quantitative estimate of drug-likeness (QED) is 0.324. The number of hydrogen-bond acceptors (Lipinski definition) is 5. The highest BCUT2D eigenvalue weighted by atomic mass is 19.4. The smallest absolute Gasteiger partial charge is 0.321 e. The lowest BCUT2D eigenvalue weighted by atomic mass is 10.0. The number of benzene rings is 1. The van der Waals surface area contributed by atoms with E-state index in [1.807, 2.05) is 47.3 Å². The van der Waals surface area contributed by atoms with Crippen molar-refractivity contribution >= 4 is 0 Å². The van der Waals surface area contributed by atoms with Crippen LogP contribution in [0.4, 0.5) is 13.2 Å². The third-order valence-electron chi connectivity index (χ3n) is 5.51. The summed E-state index contributed by atoms with van der Waals surface area (Å²) in [6, 6.07) is 11.1. The average Bonchev–Trinajstić information content (AvgIpc) is 3.48. The molecule has 0 aliphatic rings. The molecule has 0 aliphatic heterocycles. The normalized spacial score (nSPS) is 11.9. The van der Waals surface area contributed by atoms with Gasteiger partial charge in [0.1, 0.15) is 0 Å². The SMILES string of the molecule is CC(C)Cn1ccc(-c2cc(-c3ccc(CCCCC(F)(F)F)cc3)[nH]c(=O)c2-c2nn[nH]n2)n1. The molecule has 35 heavy (non-hydrogen) atoms. The lowest BCUT2D eigenvalue weighted by Gasteiger charge is -2.10. The number of hydrogen-bond donors (Lipinski definition) is 2. The van der Waals surface area contributed by atoms with E-state index in [2.05, 4.69) is 44.6 Å². The number of rotatable bonds is 9. The third-order valence-corrected chi connectivity index (χ3v) is 5.51. The van der Waals surface area contributed by atoms with Gasteiger partial charge in [-0.05, 0) is 53.7 Å². The van der Waals surface area contributed by atoms with E-state index >= 15 is 0 Å². The highest BCUT2D eigenvalue weighted by Gasteiger charge is 2.25. The molecule has 4 rings (SSSR count). The van der Waals surface area contributed by atoms with E-state index in [-0.39, 0.29) is 23.4 Å². The molecule has 0 spiro atoms. The molecule has 0 amide bonds. The van der Waals surface area contributed by atoms with Crippen molar-refractivity contribution < 1.29 is 13.2 Å². The van der Waals surface area contributed by atoms with Crippen LogP contribution in [0, 0.1) is 5.92 Å². The molecule has 0 saturated heterocycles. The molecule has 184 valence electrons. The minimum absolute atomic E-state index is 0.100. The Morgan fingerprint density at radius 3 is 2.51 bits per heavy atom. The van der Waals surface area contributed by atoms with E-state index in [1.54, 1.807) is 0 Å². The zero-order valence-electron chi connectivity index (χ0n) is 19.4. The molecule has 3 heterocycles. The van der Waals surface area contributed by atoms with Crippen LogP contribution in [0.2, 0.25) is 0 Å². The van der Waals surface area contributed by atoms with Gasteiger partial charge >= 0.3 is 6.18 Å². The summed E-state index contributed by atoms with van der Waals surface area (Å²) in [6.45, 7) is 4.92. The molecule has 11 heteroatoms. The Hall–Kier alpha value is -3.76. The predicted molar refractivity (Wildman–Crippen MR) is 125 cm³/mol. The van der Waals surface area contributed by atoms with Crippen LogP contribution >= 0.6 is 0 Å². The van der Waals surface area contributed by atoms with Crippen LogP contribution in [0.15, 0.2) is 47.4 Å². The molecule has 0 saturated carbocycles. The fraction of sp³-hybridized carbons (Fsp3) is 0.375. The van der Waals surface area contributed by atoms with Gasteiger partial charge in [0.05, 0.1) is 11.3 Å². The lowest BCUT2D eigenvalue weighted by molar-refractivity contribution is -0.135. The van der Waals surface area contributed by atoms with E-state index < -0.39 is 12.6 Å². The Bertz CT molecular complexity index is 1310. The van der Waals surface area contributed by atoms with E-state index in [9.17, 15) is 18.0 Å². The maximum Gasteiger partial charge on any atom is 0.389 e. The third kappa shape index (κ3) is 6.23. The van der Waals surface area contributed by atoms with Gasteiger partial charge in [0.15, 0.2) is 0 Å². The molecule has 2 N–H and O–H groups in total. The standard InChI is InChI=1S/C24H26F3N7O/c1-15(2)14-34-12-10-19(31-34)18-13-20(28-23(35)21(18)22-29-32-33-30-22)17-8-6-16(7-9-17)5-3-4-11-24(25,26)27/h6-10,12-13,15H,3-5,11,14H2,1-2H3,(H,28,35)(H,29,30,32,33). The van der Waals surface area contributed by atoms with E-state index in [4.69, 9.17) is 0 Å². The molecule has 8 nitrogen and oxygen atoms in total. The summed E-state index contributed by atoms with van der Waals surface area (Å²) in [7, 11) is 0. The van der Waals surface area contributed by atoms with Crippen LogP contribution in [-0.2, 0) is 13.0 Å². The first-order valence-corrected chi connectivity index (χ1v) is 11.4. The average molecular weight is 486 g/mol. The molecule has 3 aromatic heterocycles. The summed E-state index contributed by atoms with van der Waals surface area (Å²) < 4.78 is 38.8. The topological polar surface area (TPSA) is 105 Å². The first-order chi connectivity index (χ1) is 16.7. The molecule has 0 bridgehead atoms. The van der Waals surface area contributed by atoms with Crippen LogP contribution < -0.4 is 5.56 Å². The Kier molecular flexibility index (Phi) is 7.13.